The van der Waals surface area contributed by atoms with Crippen molar-refractivity contribution in [3.8, 4) is 11.1 Å². The van der Waals surface area contributed by atoms with E-state index < -0.39 is 4.92 Å². The fourth-order valence-corrected chi connectivity index (χ4v) is 4.32. The summed E-state index contributed by atoms with van der Waals surface area (Å²) in [5, 5.41) is 14.3. The molecule has 3 aromatic rings. The highest BCUT2D eigenvalue weighted by Crippen LogP contribution is 2.41. The molecule has 1 aromatic heterocycles. The van der Waals surface area contributed by atoms with Crippen LogP contribution < -0.4 is 10.2 Å². The van der Waals surface area contributed by atoms with E-state index >= 15 is 0 Å². The number of carbonyl (C=O) groups is 2. The molecule has 0 unspecified atom stereocenters. The number of carbonyl (C=O) groups excluding carboxylic acids is 2. The first kappa shape index (κ1) is 22.1. The standard InChI is InChI=1S/C25H24N4O4/c1-15-12-23(27-25-11-9-21(14-26-25)29(32)33)22-13-20(8-10-24(22)28(15)17(3)31)19-6-4-18(5-7-19)16(2)30/h4-11,13-15,23H,12H2,1-3H3,(H,26,27)/t15-,23+/m0/s1. The lowest BCUT2D eigenvalue weighted by atomic mass is 9.89. The van der Waals surface area contributed by atoms with Crippen LogP contribution in [0.1, 0.15) is 49.2 Å². The van der Waals surface area contributed by atoms with Crippen LogP contribution in [0.4, 0.5) is 17.2 Å². The van der Waals surface area contributed by atoms with Crippen LogP contribution in [0.3, 0.4) is 0 Å². The van der Waals surface area contributed by atoms with E-state index in [9.17, 15) is 19.7 Å². The summed E-state index contributed by atoms with van der Waals surface area (Å²) in [5.41, 5.74) is 4.27. The van der Waals surface area contributed by atoms with E-state index in [0.717, 1.165) is 22.4 Å². The second-order valence-corrected chi connectivity index (χ2v) is 8.24. The van der Waals surface area contributed by atoms with Gasteiger partial charge in [-0.05, 0) is 55.2 Å². The third-order valence-electron chi connectivity index (χ3n) is 5.92. The Labute approximate surface area is 191 Å². The van der Waals surface area contributed by atoms with E-state index in [1.165, 1.54) is 19.2 Å². The average molecular weight is 444 g/mol. The molecule has 33 heavy (non-hydrogen) atoms. The first-order chi connectivity index (χ1) is 15.7. The Morgan fingerprint density at radius 3 is 2.33 bits per heavy atom. The Hall–Kier alpha value is -4.07. The number of nitrogens with zero attached hydrogens (tertiary/aromatic N) is 3. The van der Waals surface area contributed by atoms with E-state index in [2.05, 4.69) is 10.3 Å². The monoisotopic (exact) mass is 444 g/mol. The van der Waals surface area contributed by atoms with Crippen molar-refractivity contribution in [1.29, 1.82) is 0 Å². The zero-order chi connectivity index (χ0) is 23.7. The van der Waals surface area contributed by atoms with Crippen LogP contribution in [-0.2, 0) is 4.79 Å². The van der Waals surface area contributed by atoms with Gasteiger partial charge in [0.05, 0.1) is 11.0 Å². The highest BCUT2D eigenvalue weighted by Gasteiger charge is 2.33. The highest BCUT2D eigenvalue weighted by atomic mass is 16.6. The molecule has 0 spiro atoms. The van der Waals surface area contributed by atoms with E-state index in [1.807, 2.05) is 37.3 Å². The summed E-state index contributed by atoms with van der Waals surface area (Å²) in [6.45, 7) is 5.09. The number of anilines is 2. The maximum Gasteiger partial charge on any atom is 0.287 e. The molecular weight excluding hydrogens is 420 g/mol. The number of fused-ring (bicyclic) bond motifs is 1. The van der Waals surface area contributed by atoms with Gasteiger partial charge in [-0.3, -0.25) is 19.7 Å². The van der Waals surface area contributed by atoms with Gasteiger partial charge in [0.25, 0.3) is 5.69 Å². The Bertz CT molecular complexity index is 1220. The number of hydrogen-bond donors (Lipinski definition) is 1. The zero-order valence-electron chi connectivity index (χ0n) is 18.6. The third kappa shape index (κ3) is 4.45. The Kier molecular flexibility index (Phi) is 5.91. The minimum Gasteiger partial charge on any atom is -0.363 e. The Morgan fingerprint density at radius 2 is 1.76 bits per heavy atom. The fraction of sp³-hybridized carbons (Fsp3) is 0.240. The number of nitrogens with one attached hydrogen (secondary N) is 1. The fourth-order valence-electron chi connectivity index (χ4n) is 4.32. The molecule has 0 bridgehead atoms. The van der Waals surface area contributed by atoms with Crippen LogP contribution in [0.5, 0.6) is 0 Å². The largest absolute Gasteiger partial charge is 0.363 e. The molecule has 1 amide bonds. The minimum absolute atomic E-state index is 0.0120. The third-order valence-corrected chi connectivity index (χ3v) is 5.92. The molecule has 0 fully saturated rings. The number of rotatable bonds is 5. The molecule has 168 valence electrons. The van der Waals surface area contributed by atoms with Gasteiger partial charge < -0.3 is 10.2 Å². The number of Topliss-reactive ketones (excluding diaryl/α,β-unsaturated/α-hetero) is 1. The van der Waals surface area contributed by atoms with Crippen molar-refractivity contribution in [3.63, 3.8) is 0 Å². The number of benzene rings is 2. The highest BCUT2D eigenvalue weighted by molar-refractivity contribution is 5.95. The second-order valence-electron chi connectivity index (χ2n) is 8.24. The summed E-state index contributed by atoms with van der Waals surface area (Å²) < 4.78 is 0. The van der Waals surface area contributed by atoms with Gasteiger partial charge in [0.2, 0.25) is 5.91 Å². The summed E-state index contributed by atoms with van der Waals surface area (Å²) in [6, 6.07) is 16.2. The van der Waals surface area contributed by atoms with E-state index in [1.54, 1.807) is 30.0 Å². The second kappa shape index (κ2) is 8.82. The smallest absolute Gasteiger partial charge is 0.287 e. The normalized spacial score (nSPS) is 17.2. The molecule has 2 aromatic carbocycles. The van der Waals surface area contributed by atoms with Crippen LogP contribution in [-0.4, -0.2) is 27.6 Å². The molecule has 1 N–H and O–H groups in total. The number of pyridine rings is 1. The maximum absolute atomic E-state index is 12.4. The van der Waals surface area contributed by atoms with Gasteiger partial charge in [-0.2, -0.15) is 0 Å². The first-order valence-corrected chi connectivity index (χ1v) is 10.7. The quantitative estimate of drug-likeness (QED) is 0.331. The molecule has 8 heteroatoms. The predicted octanol–water partition coefficient (Wildman–Crippen LogP) is 5.16. The van der Waals surface area contributed by atoms with E-state index in [-0.39, 0.29) is 29.5 Å². The molecule has 8 nitrogen and oxygen atoms in total. The molecule has 2 heterocycles. The Morgan fingerprint density at radius 1 is 1.06 bits per heavy atom. The van der Waals surface area contributed by atoms with Crippen LogP contribution in [0, 0.1) is 10.1 Å². The molecule has 2 atom stereocenters. The van der Waals surface area contributed by atoms with Crippen LogP contribution in [0.2, 0.25) is 0 Å². The zero-order valence-corrected chi connectivity index (χ0v) is 18.6. The molecular formula is C25H24N4O4. The van der Waals surface area contributed by atoms with E-state index in [4.69, 9.17) is 0 Å². The van der Waals surface area contributed by atoms with Gasteiger partial charge in [0.1, 0.15) is 12.0 Å². The average Bonchev–Trinajstić information content (AvgIpc) is 2.79. The van der Waals surface area contributed by atoms with Crippen molar-refractivity contribution < 1.29 is 14.5 Å². The van der Waals surface area contributed by atoms with Gasteiger partial charge in [-0.25, -0.2) is 4.98 Å². The predicted molar refractivity (Wildman–Crippen MR) is 126 cm³/mol. The first-order valence-electron chi connectivity index (χ1n) is 10.7. The van der Waals surface area contributed by atoms with Crippen molar-refractivity contribution in [3.05, 3.63) is 82.0 Å². The summed E-state index contributed by atoms with van der Waals surface area (Å²) in [6.07, 6.45) is 1.88. The minimum atomic E-state index is -0.483. The van der Waals surface area contributed by atoms with Crippen molar-refractivity contribution in [2.45, 2.75) is 39.3 Å². The number of nitro groups is 1. The molecule has 1 aliphatic rings. The summed E-state index contributed by atoms with van der Waals surface area (Å²) in [5.74, 6) is 0.503. The molecule has 4 rings (SSSR count). The number of hydrogen-bond acceptors (Lipinski definition) is 6. The van der Waals surface area contributed by atoms with Crippen molar-refractivity contribution >= 4 is 28.9 Å². The van der Waals surface area contributed by atoms with Gasteiger partial charge in [0.15, 0.2) is 5.78 Å². The number of aromatic nitrogens is 1. The number of amides is 1. The number of ketones is 1. The lowest BCUT2D eigenvalue weighted by Crippen LogP contribution is -2.43. The van der Waals surface area contributed by atoms with Gasteiger partial charge in [-0.1, -0.05) is 30.3 Å². The SMILES string of the molecule is CC(=O)c1ccc(-c2ccc3c(c2)[C@H](Nc2ccc([N+](=O)[O-])cn2)C[C@H](C)N3C(C)=O)cc1. The van der Waals surface area contributed by atoms with Crippen molar-refractivity contribution in [2.24, 2.45) is 0 Å². The topological polar surface area (TPSA) is 105 Å². The molecule has 0 saturated carbocycles. The summed E-state index contributed by atoms with van der Waals surface area (Å²) in [4.78, 5) is 40.4. The lowest BCUT2D eigenvalue weighted by molar-refractivity contribution is -0.385. The molecule has 1 aliphatic heterocycles. The lowest BCUT2D eigenvalue weighted by Gasteiger charge is -2.39. The molecule has 0 radical (unpaired) electrons. The van der Waals surface area contributed by atoms with Gasteiger partial charge in [0, 0.05) is 30.3 Å². The molecule has 0 aliphatic carbocycles. The molecule has 0 saturated heterocycles. The van der Waals surface area contributed by atoms with Crippen molar-refractivity contribution in [1.82, 2.24) is 4.98 Å². The summed E-state index contributed by atoms with van der Waals surface area (Å²) in [7, 11) is 0. The summed E-state index contributed by atoms with van der Waals surface area (Å²) >= 11 is 0. The Balaban J connectivity index is 1.73. The van der Waals surface area contributed by atoms with Crippen LogP contribution >= 0.6 is 0 Å². The van der Waals surface area contributed by atoms with Crippen LogP contribution in [0.15, 0.2) is 60.8 Å². The van der Waals surface area contributed by atoms with Gasteiger partial charge >= 0.3 is 0 Å². The van der Waals surface area contributed by atoms with E-state index in [0.29, 0.717) is 17.8 Å². The van der Waals surface area contributed by atoms with Gasteiger partial charge in [-0.15, -0.1) is 0 Å². The van der Waals surface area contributed by atoms with Crippen LogP contribution in [0.25, 0.3) is 11.1 Å². The maximum atomic E-state index is 12.4. The van der Waals surface area contributed by atoms with Crippen molar-refractivity contribution in [2.75, 3.05) is 10.2 Å².